The lowest BCUT2D eigenvalue weighted by Crippen LogP contribution is -2.07. The average molecular weight is 342 g/mol. The van der Waals surface area contributed by atoms with Crippen LogP contribution >= 0.6 is 0 Å². The molecule has 130 valence electrons. The highest BCUT2D eigenvalue weighted by Gasteiger charge is 2.29. The predicted molar refractivity (Wildman–Crippen MR) is 106 cm³/mol. The van der Waals surface area contributed by atoms with Crippen molar-refractivity contribution in [2.75, 3.05) is 6.61 Å². The second kappa shape index (κ2) is 6.49. The van der Waals surface area contributed by atoms with E-state index in [4.69, 9.17) is 9.72 Å². The van der Waals surface area contributed by atoms with E-state index in [9.17, 15) is 0 Å². The molecule has 26 heavy (non-hydrogen) atoms. The monoisotopic (exact) mass is 342 g/mol. The molecule has 0 atom stereocenters. The molecule has 3 aromatic carbocycles. The van der Waals surface area contributed by atoms with Gasteiger partial charge in [0.2, 0.25) is 0 Å². The molecule has 0 bridgehead atoms. The van der Waals surface area contributed by atoms with Crippen LogP contribution in [0, 0.1) is 0 Å². The van der Waals surface area contributed by atoms with Gasteiger partial charge in [0.15, 0.2) is 0 Å². The minimum Gasteiger partial charge on any atom is -0.493 e. The Hall–Kier alpha value is -2.81. The molecule has 0 N–H and O–H groups in total. The van der Waals surface area contributed by atoms with Crippen LogP contribution in [0.15, 0.2) is 66.7 Å². The van der Waals surface area contributed by atoms with Crippen LogP contribution in [-0.2, 0) is 6.54 Å². The molecule has 0 aliphatic heterocycles. The first-order valence-corrected chi connectivity index (χ1v) is 9.46. The van der Waals surface area contributed by atoms with E-state index in [2.05, 4.69) is 71.3 Å². The van der Waals surface area contributed by atoms with Crippen LogP contribution in [-0.4, -0.2) is 16.2 Å². The van der Waals surface area contributed by atoms with Gasteiger partial charge < -0.3 is 9.30 Å². The number of nitrogens with zero attached hydrogens (tertiary/aromatic N) is 2. The van der Waals surface area contributed by atoms with E-state index < -0.39 is 0 Å². The number of imidazole rings is 1. The summed E-state index contributed by atoms with van der Waals surface area (Å²) in [7, 11) is 0. The zero-order valence-corrected chi connectivity index (χ0v) is 14.8. The summed E-state index contributed by atoms with van der Waals surface area (Å²) in [6.07, 6.45) is 3.52. The second-order valence-electron chi connectivity index (χ2n) is 7.06. The van der Waals surface area contributed by atoms with E-state index in [1.807, 2.05) is 0 Å². The maximum atomic E-state index is 6.11. The highest BCUT2D eigenvalue weighted by molar-refractivity contribution is 5.88. The van der Waals surface area contributed by atoms with Gasteiger partial charge in [0, 0.05) is 17.8 Å². The lowest BCUT2D eigenvalue weighted by atomic mass is 10.1. The van der Waals surface area contributed by atoms with E-state index >= 15 is 0 Å². The molecular formula is C23H22N2O. The number of ether oxygens (including phenoxy) is 1. The third kappa shape index (κ3) is 2.84. The molecule has 3 heteroatoms. The van der Waals surface area contributed by atoms with Crippen molar-refractivity contribution in [3.63, 3.8) is 0 Å². The third-order valence-electron chi connectivity index (χ3n) is 5.16. The fourth-order valence-electron chi connectivity index (χ4n) is 3.71. The Bertz CT molecular complexity index is 1060. The summed E-state index contributed by atoms with van der Waals surface area (Å²) >= 11 is 0. The van der Waals surface area contributed by atoms with E-state index in [1.54, 1.807) is 0 Å². The molecule has 1 saturated carbocycles. The molecule has 1 heterocycles. The molecule has 0 unspecified atom stereocenters. The van der Waals surface area contributed by atoms with Crippen LogP contribution in [0.1, 0.15) is 31.0 Å². The number of hydrogen-bond acceptors (Lipinski definition) is 2. The Morgan fingerprint density at radius 3 is 2.65 bits per heavy atom. The average Bonchev–Trinajstić information content (AvgIpc) is 3.47. The Kier molecular flexibility index (Phi) is 3.85. The van der Waals surface area contributed by atoms with E-state index in [0.717, 1.165) is 24.2 Å². The maximum absolute atomic E-state index is 6.11. The Morgan fingerprint density at radius 1 is 0.923 bits per heavy atom. The Balaban J connectivity index is 1.31. The number of aromatic nitrogens is 2. The van der Waals surface area contributed by atoms with Crippen molar-refractivity contribution in [3.8, 4) is 5.75 Å². The zero-order valence-electron chi connectivity index (χ0n) is 14.8. The third-order valence-corrected chi connectivity index (χ3v) is 5.16. The minimum atomic E-state index is 0.654. The number of fused-ring (bicyclic) bond motifs is 2. The van der Waals surface area contributed by atoms with Crippen molar-refractivity contribution < 1.29 is 4.74 Å². The molecule has 0 amide bonds. The van der Waals surface area contributed by atoms with Crippen molar-refractivity contribution >= 4 is 21.8 Å². The standard InChI is InChI=1S/C23H22N2O/c1-2-9-19-17(7-1)8-5-12-22(19)26-16-6-15-25-21-11-4-3-10-20(21)24-23(25)18-13-14-18/h1-5,7-12,18H,6,13-16H2. The van der Waals surface area contributed by atoms with Gasteiger partial charge in [-0.1, -0.05) is 48.5 Å². The van der Waals surface area contributed by atoms with Crippen molar-refractivity contribution in [3.05, 3.63) is 72.6 Å². The van der Waals surface area contributed by atoms with Gasteiger partial charge in [-0.05, 0) is 42.8 Å². The maximum Gasteiger partial charge on any atom is 0.127 e. The Morgan fingerprint density at radius 2 is 1.73 bits per heavy atom. The molecule has 0 saturated heterocycles. The van der Waals surface area contributed by atoms with E-state index in [1.165, 1.54) is 35.0 Å². The van der Waals surface area contributed by atoms with Gasteiger partial charge in [0.05, 0.1) is 17.6 Å². The SMILES string of the molecule is c1ccc2c(OCCCn3c(C4CC4)nc4ccccc43)cccc2c1. The highest BCUT2D eigenvalue weighted by Crippen LogP contribution is 2.40. The summed E-state index contributed by atoms with van der Waals surface area (Å²) in [6.45, 7) is 1.67. The van der Waals surface area contributed by atoms with E-state index in [-0.39, 0.29) is 0 Å². The second-order valence-corrected chi connectivity index (χ2v) is 7.06. The van der Waals surface area contributed by atoms with Crippen molar-refractivity contribution in [2.24, 2.45) is 0 Å². The first kappa shape index (κ1) is 15.4. The van der Waals surface area contributed by atoms with Crippen molar-refractivity contribution in [1.82, 2.24) is 9.55 Å². The minimum absolute atomic E-state index is 0.654. The van der Waals surface area contributed by atoms with Gasteiger partial charge in [-0.15, -0.1) is 0 Å². The number of para-hydroxylation sites is 2. The van der Waals surface area contributed by atoms with Gasteiger partial charge in [0.25, 0.3) is 0 Å². The molecule has 1 aliphatic rings. The van der Waals surface area contributed by atoms with Gasteiger partial charge in [-0.3, -0.25) is 0 Å². The molecular weight excluding hydrogens is 320 g/mol. The summed E-state index contributed by atoms with van der Waals surface area (Å²) in [6, 6.07) is 23.1. The lowest BCUT2D eigenvalue weighted by Gasteiger charge is -2.11. The molecule has 1 aromatic heterocycles. The summed E-state index contributed by atoms with van der Waals surface area (Å²) < 4.78 is 8.51. The fourth-order valence-corrected chi connectivity index (χ4v) is 3.71. The van der Waals surface area contributed by atoms with Crippen molar-refractivity contribution in [1.29, 1.82) is 0 Å². The smallest absolute Gasteiger partial charge is 0.127 e. The highest BCUT2D eigenvalue weighted by atomic mass is 16.5. The number of aryl methyl sites for hydroxylation is 1. The first-order valence-electron chi connectivity index (χ1n) is 9.46. The molecule has 1 aliphatic carbocycles. The number of benzene rings is 3. The zero-order chi connectivity index (χ0) is 17.3. The Labute approximate surface area is 153 Å². The van der Waals surface area contributed by atoms with Crippen LogP contribution in [0.5, 0.6) is 5.75 Å². The summed E-state index contributed by atoms with van der Waals surface area (Å²) in [5, 5.41) is 2.41. The van der Waals surface area contributed by atoms with Crippen LogP contribution in [0.3, 0.4) is 0 Å². The molecule has 0 radical (unpaired) electrons. The van der Waals surface area contributed by atoms with Gasteiger partial charge in [-0.2, -0.15) is 0 Å². The van der Waals surface area contributed by atoms with Crippen LogP contribution in [0.2, 0.25) is 0 Å². The van der Waals surface area contributed by atoms with Crippen LogP contribution < -0.4 is 4.74 Å². The largest absolute Gasteiger partial charge is 0.493 e. The van der Waals surface area contributed by atoms with Crippen LogP contribution in [0.4, 0.5) is 0 Å². The molecule has 5 rings (SSSR count). The topological polar surface area (TPSA) is 27.1 Å². The lowest BCUT2D eigenvalue weighted by molar-refractivity contribution is 0.305. The number of rotatable bonds is 6. The summed E-state index contributed by atoms with van der Waals surface area (Å²) in [5.74, 6) is 2.89. The predicted octanol–water partition coefficient (Wildman–Crippen LogP) is 5.54. The van der Waals surface area contributed by atoms with Gasteiger partial charge in [0.1, 0.15) is 11.6 Å². The molecule has 3 nitrogen and oxygen atoms in total. The number of hydrogen-bond donors (Lipinski definition) is 0. The normalized spacial score (nSPS) is 14.2. The summed E-state index contributed by atoms with van der Waals surface area (Å²) in [4.78, 5) is 4.87. The van der Waals surface area contributed by atoms with Gasteiger partial charge >= 0.3 is 0 Å². The summed E-state index contributed by atoms with van der Waals surface area (Å²) in [5.41, 5.74) is 2.36. The van der Waals surface area contributed by atoms with Crippen LogP contribution in [0.25, 0.3) is 21.8 Å². The van der Waals surface area contributed by atoms with Gasteiger partial charge in [-0.25, -0.2) is 4.98 Å². The molecule has 4 aromatic rings. The molecule has 1 fully saturated rings. The van der Waals surface area contributed by atoms with E-state index in [0.29, 0.717) is 12.5 Å². The first-order chi connectivity index (χ1) is 12.9. The van der Waals surface area contributed by atoms with Crippen molar-refractivity contribution in [2.45, 2.75) is 31.7 Å². The fraction of sp³-hybridized carbons (Fsp3) is 0.261. The molecule has 0 spiro atoms. The quantitative estimate of drug-likeness (QED) is 0.430.